The number of thiophene rings is 1. The quantitative estimate of drug-likeness (QED) is 0.795. The minimum absolute atomic E-state index is 0.797. The summed E-state index contributed by atoms with van der Waals surface area (Å²) < 4.78 is 1.30. The first-order chi connectivity index (χ1) is 8.20. The van der Waals surface area contributed by atoms with E-state index in [0.29, 0.717) is 0 Å². The van der Waals surface area contributed by atoms with E-state index in [4.69, 9.17) is 5.73 Å². The van der Waals surface area contributed by atoms with Crippen LogP contribution in [0.15, 0.2) is 60.8 Å². The molecule has 0 aliphatic rings. The van der Waals surface area contributed by atoms with Crippen LogP contribution in [0.3, 0.4) is 0 Å². The molecule has 0 saturated carbocycles. The second-order valence-corrected chi connectivity index (χ2v) is 4.97. The van der Waals surface area contributed by atoms with Gasteiger partial charge in [0.15, 0.2) is 0 Å². The highest BCUT2D eigenvalue weighted by Gasteiger charge is 2.02. The molecule has 86 valence electrons. The largest absolute Gasteiger partial charge is 0.402 e. The maximum Gasteiger partial charge on any atom is 0.0355 e. The van der Waals surface area contributed by atoms with E-state index < -0.39 is 0 Å². The Morgan fingerprint density at radius 2 is 2.06 bits per heavy atom. The fourth-order valence-electron chi connectivity index (χ4n) is 1.60. The molecule has 2 N–H and O–H groups in total. The molecule has 0 unspecified atom stereocenters. The molecule has 0 amide bonds. The van der Waals surface area contributed by atoms with E-state index in [1.807, 2.05) is 25.2 Å². The lowest BCUT2D eigenvalue weighted by Gasteiger charge is -1.95. The van der Waals surface area contributed by atoms with Crippen molar-refractivity contribution in [2.75, 3.05) is 0 Å². The predicted molar refractivity (Wildman–Crippen MR) is 77.9 cm³/mol. The zero-order chi connectivity index (χ0) is 12.3. The predicted octanol–water partition coefficient (Wildman–Crippen LogP) is 4.33. The number of nitrogens with two attached hydrogens (primary N) is 1. The first kappa shape index (κ1) is 11.7. The number of benzene rings is 1. The molecule has 0 saturated heterocycles. The number of rotatable bonds is 3. The standard InChI is InChI=1S/C15H15NS/c1-3-12(9-8-11(2)16)15-10-13-6-4-5-7-14(13)17-15/h3-10H,1,16H2,2H3/b11-8-,12-9+. The minimum Gasteiger partial charge on any atom is -0.402 e. The third kappa shape index (κ3) is 2.66. The summed E-state index contributed by atoms with van der Waals surface area (Å²) in [6.07, 6.45) is 5.78. The summed E-state index contributed by atoms with van der Waals surface area (Å²) >= 11 is 1.77. The van der Waals surface area contributed by atoms with Crippen molar-refractivity contribution in [2.45, 2.75) is 6.92 Å². The van der Waals surface area contributed by atoms with E-state index in [1.54, 1.807) is 11.3 Å². The van der Waals surface area contributed by atoms with Gasteiger partial charge >= 0.3 is 0 Å². The van der Waals surface area contributed by atoms with Crippen LogP contribution in [0.5, 0.6) is 0 Å². The second-order valence-electron chi connectivity index (χ2n) is 3.89. The van der Waals surface area contributed by atoms with Gasteiger partial charge in [0.25, 0.3) is 0 Å². The van der Waals surface area contributed by atoms with E-state index in [-0.39, 0.29) is 0 Å². The molecule has 0 aliphatic carbocycles. The lowest BCUT2D eigenvalue weighted by atomic mass is 10.1. The van der Waals surface area contributed by atoms with Gasteiger partial charge in [0.1, 0.15) is 0 Å². The average Bonchev–Trinajstić information content (AvgIpc) is 2.72. The van der Waals surface area contributed by atoms with Gasteiger partial charge in [-0.25, -0.2) is 0 Å². The Balaban J connectivity index is 2.47. The van der Waals surface area contributed by atoms with Gasteiger partial charge < -0.3 is 5.73 Å². The molecule has 17 heavy (non-hydrogen) atoms. The van der Waals surface area contributed by atoms with Gasteiger partial charge in [-0.2, -0.15) is 0 Å². The van der Waals surface area contributed by atoms with Crippen molar-refractivity contribution in [2.24, 2.45) is 5.73 Å². The van der Waals surface area contributed by atoms with E-state index in [2.05, 4.69) is 36.9 Å². The Hall–Kier alpha value is -1.80. The smallest absolute Gasteiger partial charge is 0.0355 e. The Bertz CT molecular complexity index is 565. The van der Waals surface area contributed by atoms with Crippen LogP contribution in [0, 0.1) is 0 Å². The zero-order valence-electron chi connectivity index (χ0n) is 9.81. The molecule has 1 aromatic carbocycles. The highest BCUT2D eigenvalue weighted by molar-refractivity contribution is 7.20. The van der Waals surface area contributed by atoms with Crippen molar-refractivity contribution in [3.8, 4) is 0 Å². The minimum atomic E-state index is 0.797. The first-order valence-electron chi connectivity index (χ1n) is 5.46. The molecule has 0 spiro atoms. The third-order valence-corrected chi connectivity index (χ3v) is 3.62. The summed E-state index contributed by atoms with van der Waals surface area (Å²) in [4.78, 5) is 1.22. The van der Waals surface area contributed by atoms with E-state index in [9.17, 15) is 0 Å². The van der Waals surface area contributed by atoms with Crippen LogP contribution in [0.1, 0.15) is 11.8 Å². The lowest BCUT2D eigenvalue weighted by molar-refractivity contribution is 1.32. The fraction of sp³-hybridized carbons (Fsp3) is 0.0667. The monoisotopic (exact) mass is 241 g/mol. The van der Waals surface area contributed by atoms with Gasteiger partial charge in [-0.1, -0.05) is 36.9 Å². The Morgan fingerprint density at radius 3 is 2.71 bits per heavy atom. The summed E-state index contributed by atoms with van der Waals surface area (Å²) in [5, 5.41) is 1.27. The molecule has 0 bridgehead atoms. The maximum absolute atomic E-state index is 5.63. The summed E-state index contributed by atoms with van der Waals surface area (Å²) in [6, 6.07) is 10.6. The van der Waals surface area contributed by atoms with Crippen LogP contribution < -0.4 is 5.73 Å². The van der Waals surface area contributed by atoms with Crippen LogP contribution in [0.2, 0.25) is 0 Å². The van der Waals surface area contributed by atoms with E-state index >= 15 is 0 Å². The molecule has 1 heterocycles. The first-order valence-corrected chi connectivity index (χ1v) is 6.28. The Labute approximate surface area is 106 Å². The number of allylic oxidation sites excluding steroid dienone is 5. The summed E-state index contributed by atoms with van der Waals surface area (Å²) in [6.45, 7) is 5.73. The van der Waals surface area contributed by atoms with Crippen molar-refractivity contribution >= 4 is 27.0 Å². The van der Waals surface area contributed by atoms with Gasteiger partial charge in [0.05, 0.1) is 0 Å². The maximum atomic E-state index is 5.63. The van der Waals surface area contributed by atoms with Crippen molar-refractivity contribution in [3.63, 3.8) is 0 Å². The molecule has 1 aromatic heterocycles. The molecular formula is C15H15NS. The van der Waals surface area contributed by atoms with E-state index in [0.717, 1.165) is 11.3 Å². The van der Waals surface area contributed by atoms with Crippen molar-refractivity contribution in [1.82, 2.24) is 0 Å². The topological polar surface area (TPSA) is 26.0 Å². The Kier molecular flexibility index (Phi) is 3.45. The van der Waals surface area contributed by atoms with Gasteiger partial charge in [-0.15, -0.1) is 11.3 Å². The third-order valence-electron chi connectivity index (χ3n) is 2.46. The normalized spacial score (nSPS) is 13.0. The van der Waals surface area contributed by atoms with Gasteiger partial charge in [-0.05, 0) is 36.1 Å². The molecule has 2 heteroatoms. The van der Waals surface area contributed by atoms with E-state index in [1.165, 1.54) is 15.0 Å². The number of hydrogen-bond donors (Lipinski definition) is 1. The molecule has 2 aromatic rings. The molecule has 0 fully saturated rings. The van der Waals surface area contributed by atoms with Crippen LogP contribution in [-0.4, -0.2) is 0 Å². The highest BCUT2D eigenvalue weighted by Crippen LogP contribution is 2.30. The SMILES string of the molecule is C=C/C(=C\C=C(\C)N)c1cc2ccccc2s1. The molecular weight excluding hydrogens is 226 g/mol. The van der Waals surface area contributed by atoms with Crippen LogP contribution in [0.25, 0.3) is 15.7 Å². The van der Waals surface area contributed by atoms with Gasteiger partial charge in [-0.3, -0.25) is 0 Å². The molecule has 0 atom stereocenters. The number of hydrogen-bond acceptors (Lipinski definition) is 2. The van der Waals surface area contributed by atoms with Gasteiger partial charge in [0, 0.05) is 15.3 Å². The van der Waals surface area contributed by atoms with Crippen molar-refractivity contribution in [1.29, 1.82) is 0 Å². The molecule has 0 radical (unpaired) electrons. The summed E-state index contributed by atoms with van der Waals surface area (Å²) in [5.41, 5.74) is 7.54. The fourth-order valence-corrected chi connectivity index (χ4v) is 2.68. The molecule has 1 nitrogen and oxygen atoms in total. The highest BCUT2D eigenvalue weighted by atomic mass is 32.1. The average molecular weight is 241 g/mol. The summed E-state index contributed by atoms with van der Waals surface area (Å²) in [7, 11) is 0. The Morgan fingerprint density at radius 1 is 1.29 bits per heavy atom. The van der Waals surface area contributed by atoms with Gasteiger partial charge in [0.2, 0.25) is 0 Å². The zero-order valence-corrected chi connectivity index (χ0v) is 10.6. The second kappa shape index (κ2) is 5.02. The lowest BCUT2D eigenvalue weighted by Crippen LogP contribution is -1.88. The number of fused-ring (bicyclic) bond motifs is 1. The van der Waals surface area contributed by atoms with Crippen LogP contribution >= 0.6 is 11.3 Å². The van der Waals surface area contributed by atoms with Crippen molar-refractivity contribution in [3.05, 3.63) is 65.7 Å². The van der Waals surface area contributed by atoms with Crippen molar-refractivity contribution < 1.29 is 0 Å². The summed E-state index contributed by atoms with van der Waals surface area (Å²) in [5.74, 6) is 0. The molecule has 0 aliphatic heterocycles. The van der Waals surface area contributed by atoms with Crippen LogP contribution in [0.4, 0.5) is 0 Å². The molecule has 2 rings (SSSR count). The van der Waals surface area contributed by atoms with Crippen LogP contribution in [-0.2, 0) is 0 Å².